The fourth-order valence-corrected chi connectivity index (χ4v) is 10.8. The first kappa shape index (κ1) is 29.1. The van der Waals surface area contributed by atoms with Gasteiger partial charge in [-0.3, -0.25) is 9.88 Å². The molecule has 1 saturated heterocycles. The fourth-order valence-electron chi connectivity index (χ4n) is 9.10. The zero-order valence-corrected chi connectivity index (χ0v) is 28.3. The van der Waals surface area contributed by atoms with Crippen molar-refractivity contribution in [3.63, 3.8) is 0 Å². The van der Waals surface area contributed by atoms with Gasteiger partial charge in [0.1, 0.15) is 6.04 Å². The molecule has 1 aromatic heterocycles. The van der Waals surface area contributed by atoms with Crippen molar-refractivity contribution in [1.29, 1.82) is 0 Å². The number of hydrogen-bond donors (Lipinski definition) is 1. The molecule has 234 valence electrons. The number of allylic oxidation sites excluding steroid dienone is 11. The Balaban J connectivity index is 1.22. The molecule has 3 aliphatic carbocycles. The first-order valence-corrected chi connectivity index (χ1v) is 18.2. The minimum Gasteiger partial charge on any atom is -0.293 e. The van der Waals surface area contributed by atoms with Crippen LogP contribution in [-0.4, -0.2) is 14.6 Å². The van der Waals surface area contributed by atoms with Crippen LogP contribution in [0.1, 0.15) is 50.8 Å². The zero-order valence-electron chi connectivity index (χ0n) is 27.5. The number of aromatic nitrogens is 1. The van der Waals surface area contributed by atoms with Gasteiger partial charge >= 0.3 is 0 Å². The highest BCUT2D eigenvalue weighted by Gasteiger charge is 2.50. The fraction of sp³-hybridized carbons (Fsp3) is 0.273. The van der Waals surface area contributed by atoms with E-state index in [0.717, 1.165) is 12.8 Å². The molecule has 3 heteroatoms. The highest BCUT2D eigenvalue weighted by Crippen LogP contribution is 2.57. The first-order chi connectivity index (χ1) is 22.8. The Labute approximate surface area is 283 Å². The molecule has 3 aromatic carbocycles. The molecule has 9 rings (SSSR count). The van der Waals surface area contributed by atoms with Gasteiger partial charge in [-0.1, -0.05) is 141 Å². The maximum Gasteiger partial charge on any atom is 0.207 e. The average Bonchev–Trinajstić information content (AvgIpc) is 3.59. The van der Waals surface area contributed by atoms with Crippen molar-refractivity contribution in [2.24, 2.45) is 17.3 Å². The molecule has 0 saturated carbocycles. The third-order valence-electron chi connectivity index (χ3n) is 11.8. The van der Waals surface area contributed by atoms with Gasteiger partial charge in [-0.05, 0) is 36.6 Å². The van der Waals surface area contributed by atoms with Crippen LogP contribution in [0.4, 0.5) is 0 Å². The van der Waals surface area contributed by atoms with E-state index in [1.54, 1.807) is 0 Å². The maximum atomic E-state index is 2.66. The number of rotatable bonds is 4. The van der Waals surface area contributed by atoms with Gasteiger partial charge in [0.25, 0.3) is 0 Å². The van der Waals surface area contributed by atoms with Crippen molar-refractivity contribution in [3.05, 3.63) is 162 Å². The first-order valence-electron chi connectivity index (χ1n) is 17.3. The van der Waals surface area contributed by atoms with E-state index < -0.39 is 0 Å². The zero-order chi connectivity index (χ0) is 31.8. The highest BCUT2D eigenvalue weighted by molar-refractivity contribution is 8.01. The van der Waals surface area contributed by atoms with Gasteiger partial charge in [0.2, 0.25) is 5.82 Å². The molecular formula is C44H43N2S+. The summed E-state index contributed by atoms with van der Waals surface area (Å²) < 4.78 is 2.73. The van der Waals surface area contributed by atoms with E-state index in [1.807, 2.05) is 0 Å². The largest absolute Gasteiger partial charge is 0.293 e. The number of nitrogens with zero attached hydrogens (tertiary/aromatic N) is 1. The van der Waals surface area contributed by atoms with Gasteiger partial charge < -0.3 is 0 Å². The van der Waals surface area contributed by atoms with Crippen LogP contribution in [-0.2, 0) is 5.41 Å². The van der Waals surface area contributed by atoms with Gasteiger partial charge in [0, 0.05) is 61.5 Å². The SMILES string of the molecule is CC1(C2=CC3C(C=C2)SC2(C)C=CC=CC32)C=C(n2c3ccccc3c3ccc(C4(C)C=CC=CC4)cc32)[NH2+]C(c2ccccc2)C1. The van der Waals surface area contributed by atoms with E-state index in [1.165, 1.54) is 44.3 Å². The van der Waals surface area contributed by atoms with E-state index in [9.17, 15) is 0 Å². The Morgan fingerprint density at radius 1 is 0.787 bits per heavy atom. The smallest absolute Gasteiger partial charge is 0.207 e. The quantitative estimate of drug-likeness (QED) is 0.238. The van der Waals surface area contributed by atoms with Crippen LogP contribution < -0.4 is 5.32 Å². The van der Waals surface area contributed by atoms with E-state index in [-0.39, 0.29) is 15.6 Å². The topological polar surface area (TPSA) is 21.5 Å². The number of thioether (sulfide) groups is 1. The lowest BCUT2D eigenvalue weighted by molar-refractivity contribution is -0.622. The van der Waals surface area contributed by atoms with Crippen molar-refractivity contribution in [3.8, 4) is 0 Å². The molecule has 3 heterocycles. The molecule has 0 spiro atoms. The Bertz CT molecular complexity index is 2120. The van der Waals surface area contributed by atoms with E-state index in [4.69, 9.17) is 0 Å². The van der Waals surface area contributed by atoms with E-state index >= 15 is 0 Å². The van der Waals surface area contributed by atoms with E-state index in [2.05, 4.69) is 188 Å². The van der Waals surface area contributed by atoms with Crippen LogP contribution in [0.5, 0.6) is 0 Å². The molecule has 2 aliphatic heterocycles. The van der Waals surface area contributed by atoms with Crippen LogP contribution in [0.2, 0.25) is 0 Å². The molecule has 0 amide bonds. The Hall–Kier alpha value is -4.05. The summed E-state index contributed by atoms with van der Waals surface area (Å²) in [5.41, 5.74) is 6.66. The predicted molar refractivity (Wildman–Crippen MR) is 200 cm³/mol. The molecule has 7 unspecified atom stereocenters. The predicted octanol–water partition coefficient (Wildman–Crippen LogP) is 9.81. The summed E-state index contributed by atoms with van der Waals surface area (Å²) in [7, 11) is 0. The summed E-state index contributed by atoms with van der Waals surface area (Å²) in [6.07, 6.45) is 30.8. The van der Waals surface area contributed by atoms with Crippen molar-refractivity contribution < 1.29 is 5.32 Å². The van der Waals surface area contributed by atoms with Crippen molar-refractivity contribution in [2.45, 2.75) is 55.1 Å². The monoisotopic (exact) mass is 631 g/mol. The van der Waals surface area contributed by atoms with Gasteiger partial charge in [0.15, 0.2) is 0 Å². The summed E-state index contributed by atoms with van der Waals surface area (Å²) in [4.78, 5) is 0. The van der Waals surface area contributed by atoms with Crippen LogP contribution >= 0.6 is 11.8 Å². The molecule has 2 N–H and O–H groups in total. The normalized spacial score (nSPS) is 34.0. The van der Waals surface area contributed by atoms with Crippen LogP contribution in [0.3, 0.4) is 0 Å². The summed E-state index contributed by atoms with van der Waals surface area (Å²) in [6.45, 7) is 7.29. The number of fused-ring (bicyclic) bond motifs is 6. The minimum absolute atomic E-state index is 0.0131. The second-order valence-electron chi connectivity index (χ2n) is 15.0. The summed E-state index contributed by atoms with van der Waals surface area (Å²) >= 11 is 2.14. The number of quaternary nitrogens is 1. The molecule has 0 bridgehead atoms. The summed E-state index contributed by atoms with van der Waals surface area (Å²) in [5.74, 6) is 2.33. The van der Waals surface area contributed by atoms with Gasteiger partial charge in [-0.15, -0.1) is 11.8 Å². The van der Waals surface area contributed by atoms with Gasteiger partial charge in [0.05, 0.1) is 11.0 Å². The number of hydrogen-bond acceptors (Lipinski definition) is 1. The number of nitrogens with two attached hydrogens (primary N) is 1. The molecular weight excluding hydrogens is 589 g/mol. The average molecular weight is 632 g/mol. The Morgan fingerprint density at radius 2 is 1.60 bits per heavy atom. The van der Waals surface area contributed by atoms with Crippen LogP contribution in [0, 0.1) is 17.3 Å². The second-order valence-corrected chi connectivity index (χ2v) is 16.6. The Morgan fingerprint density at radius 3 is 2.45 bits per heavy atom. The molecule has 1 fully saturated rings. The molecule has 5 aliphatic rings. The van der Waals surface area contributed by atoms with E-state index in [0.29, 0.717) is 23.1 Å². The Kier molecular flexibility index (Phi) is 6.65. The van der Waals surface area contributed by atoms with Crippen molar-refractivity contribution in [2.75, 3.05) is 0 Å². The third kappa shape index (κ3) is 4.65. The molecule has 7 atom stereocenters. The third-order valence-corrected chi connectivity index (χ3v) is 13.4. The van der Waals surface area contributed by atoms with Crippen LogP contribution in [0.15, 0.2) is 151 Å². The highest BCUT2D eigenvalue weighted by atomic mass is 32.2. The number of para-hydroxylation sites is 1. The van der Waals surface area contributed by atoms with Gasteiger partial charge in [-0.25, -0.2) is 0 Å². The lowest BCUT2D eigenvalue weighted by Crippen LogP contribution is -2.85. The molecule has 47 heavy (non-hydrogen) atoms. The molecule has 2 nitrogen and oxygen atoms in total. The summed E-state index contributed by atoms with van der Waals surface area (Å²) in [5, 5.41) is 5.71. The maximum absolute atomic E-state index is 2.66. The lowest BCUT2D eigenvalue weighted by Gasteiger charge is -2.38. The van der Waals surface area contributed by atoms with Crippen molar-refractivity contribution >= 4 is 39.4 Å². The molecule has 4 aromatic rings. The van der Waals surface area contributed by atoms with Gasteiger partial charge in [-0.2, -0.15) is 0 Å². The standard InChI is InChI=1S/C44H42N2S/c1-42(23-11-5-12-24-42)32-19-21-34-33-16-8-9-18-38(33)46(39(34)27-32)41-29-43(2,28-37(45-41)30-14-6-4-7-15-30)31-20-22-40-35(26-31)36-17-10-13-25-44(36,3)47-40/h4-23,25-27,29,35-37,40,45H,24,28H2,1-3H3/p+1. The second kappa shape index (κ2) is 10.7. The molecule has 0 radical (unpaired) electrons. The lowest BCUT2D eigenvalue weighted by atomic mass is 9.68. The van der Waals surface area contributed by atoms with Crippen molar-refractivity contribution in [1.82, 2.24) is 4.57 Å². The number of benzene rings is 3. The van der Waals surface area contributed by atoms with Crippen LogP contribution in [0.25, 0.3) is 27.6 Å². The minimum atomic E-state index is -0.123. The summed E-state index contributed by atoms with van der Waals surface area (Å²) in [6, 6.07) is 27.6.